The Balaban J connectivity index is 2.38. The van der Waals surface area contributed by atoms with Gasteiger partial charge in [-0.1, -0.05) is 58.4 Å². The molecule has 0 bridgehead atoms. The lowest BCUT2D eigenvalue weighted by Crippen LogP contribution is -2.09. The van der Waals surface area contributed by atoms with Crippen molar-refractivity contribution < 1.29 is 19.1 Å². The summed E-state index contributed by atoms with van der Waals surface area (Å²) in [7, 11) is 0. The lowest BCUT2D eigenvalue weighted by atomic mass is 10.1. The monoisotopic (exact) mass is 320 g/mol. The molecule has 0 saturated heterocycles. The third kappa shape index (κ3) is 7.82. The minimum Gasteiger partial charge on any atom is -0.429 e. The molecule has 128 valence electrons. The molecule has 0 aromatic heterocycles. The van der Waals surface area contributed by atoms with Crippen molar-refractivity contribution in [2.75, 3.05) is 0 Å². The van der Waals surface area contributed by atoms with E-state index < -0.39 is 0 Å². The fraction of sp³-hybridized carbons (Fsp3) is 0.579. The molecule has 0 heterocycles. The minimum absolute atomic E-state index is 0.225. The summed E-state index contributed by atoms with van der Waals surface area (Å²) in [4.78, 5) is 22.4. The summed E-state index contributed by atoms with van der Waals surface area (Å²) in [5, 5.41) is 0. The van der Waals surface area contributed by atoms with Crippen LogP contribution in [-0.4, -0.2) is 12.4 Å². The van der Waals surface area contributed by atoms with Crippen LogP contribution in [0.2, 0.25) is 0 Å². The van der Waals surface area contributed by atoms with Crippen LogP contribution in [0.1, 0.15) is 70.8 Å². The molecule has 0 aliphatic rings. The predicted octanol–water partition coefficient (Wildman–Crippen LogP) is 4.83. The number of aryl methyl sites for hydroxylation is 1. The van der Waals surface area contributed by atoms with Gasteiger partial charge < -0.3 is 9.47 Å². The van der Waals surface area contributed by atoms with Gasteiger partial charge in [-0.3, -0.25) is 9.59 Å². The Labute approximate surface area is 139 Å². The maximum absolute atomic E-state index is 12.0. The first kappa shape index (κ1) is 19.2. The topological polar surface area (TPSA) is 52.6 Å². The highest BCUT2D eigenvalue weighted by molar-refractivity contribution is 5.73. The molecule has 0 aliphatic carbocycles. The van der Waals surface area contributed by atoms with E-state index in [9.17, 15) is 9.59 Å². The zero-order valence-electron chi connectivity index (χ0n) is 14.3. The first-order valence-electron chi connectivity index (χ1n) is 8.65. The quantitative estimate of drug-likeness (QED) is 0.239. The second kappa shape index (κ2) is 11.7. The van der Waals surface area contributed by atoms with Gasteiger partial charge in [0, 0.05) is 12.5 Å². The highest BCUT2D eigenvalue weighted by Gasteiger charge is 2.10. The van der Waals surface area contributed by atoms with Crippen molar-refractivity contribution in [2.24, 2.45) is 0 Å². The molecule has 1 rings (SSSR count). The van der Waals surface area contributed by atoms with E-state index in [2.05, 4.69) is 6.92 Å². The number of hydrogen-bond acceptors (Lipinski definition) is 4. The summed E-state index contributed by atoms with van der Waals surface area (Å²) in [6.07, 6.45) is 9.34. The van der Waals surface area contributed by atoms with E-state index in [-0.39, 0.29) is 5.97 Å². The second-order valence-corrected chi connectivity index (χ2v) is 5.68. The molecular formula is C19H28O4. The molecule has 1 aromatic carbocycles. The van der Waals surface area contributed by atoms with Gasteiger partial charge in [0.2, 0.25) is 0 Å². The molecule has 0 spiro atoms. The number of rotatable bonds is 12. The van der Waals surface area contributed by atoms with Gasteiger partial charge in [-0.2, -0.15) is 0 Å². The van der Waals surface area contributed by atoms with Gasteiger partial charge in [0.15, 0.2) is 0 Å². The van der Waals surface area contributed by atoms with Crippen molar-refractivity contribution in [3.8, 4) is 11.5 Å². The third-order valence-corrected chi connectivity index (χ3v) is 3.81. The largest absolute Gasteiger partial charge is 0.429 e. The van der Waals surface area contributed by atoms with Crippen molar-refractivity contribution in [1.29, 1.82) is 0 Å². The van der Waals surface area contributed by atoms with E-state index in [0.717, 1.165) is 24.8 Å². The van der Waals surface area contributed by atoms with Crippen LogP contribution in [0, 0.1) is 0 Å². The molecule has 23 heavy (non-hydrogen) atoms. The zero-order chi connectivity index (χ0) is 16.9. The van der Waals surface area contributed by atoms with Crippen molar-refractivity contribution >= 4 is 12.4 Å². The molecule has 0 amide bonds. The summed E-state index contributed by atoms with van der Waals surface area (Å²) >= 11 is 0. The molecule has 0 saturated carbocycles. The van der Waals surface area contributed by atoms with Crippen LogP contribution in [0.3, 0.4) is 0 Å². The van der Waals surface area contributed by atoms with E-state index in [1.54, 1.807) is 12.1 Å². The average Bonchev–Trinajstić information content (AvgIpc) is 2.54. The van der Waals surface area contributed by atoms with Crippen LogP contribution in [0.5, 0.6) is 11.5 Å². The normalized spacial score (nSPS) is 10.3. The fourth-order valence-electron chi connectivity index (χ4n) is 2.45. The highest BCUT2D eigenvalue weighted by Crippen LogP contribution is 2.26. The summed E-state index contributed by atoms with van der Waals surface area (Å²) in [6, 6.07) is 5.10. The van der Waals surface area contributed by atoms with Gasteiger partial charge in [0.1, 0.15) is 11.5 Å². The number of hydrogen-bond donors (Lipinski definition) is 0. The summed E-state index contributed by atoms with van der Waals surface area (Å²) < 4.78 is 10.2. The van der Waals surface area contributed by atoms with Gasteiger partial charge in [-0.05, 0) is 24.5 Å². The minimum atomic E-state index is -0.225. The number of ether oxygens (including phenoxy) is 2. The van der Waals surface area contributed by atoms with Crippen LogP contribution >= 0.6 is 0 Å². The van der Waals surface area contributed by atoms with E-state index in [0.29, 0.717) is 24.4 Å². The zero-order valence-corrected chi connectivity index (χ0v) is 14.3. The van der Waals surface area contributed by atoms with Crippen molar-refractivity contribution in [1.82, 2.24) is 0 Å². The third-order valence-electron chi connectivity index (χ3n) is 3.81. The summed E-state index contributed by atoms with van der Waals surface area (Å²) in [5.74, 6) is 0.646. The van der Waals surface area contributed by atoms with Gasteiger partial charge in [0.25, 0.3) is 6.47 Å². The van der Waals surface area contributed by atoms with E-state index in [1.165, 1.54) is 32.1 Å². The lowest BCUT2D eigenvalue weighted by Gasteiger charge is -2.10. The Morgan fingerprint density at radius 2 is 1.74 bits per heavy atom. The van der Waals surface area contributed by atoms with Crippen molar-refractivity contribution in [3.05, 3.63) is 23.8 Å². The van der Waals surface area contributed by atoms with E-state index in [4.69, 9.17) is 9.47 Å². The summed E-state index contributed by atoms with van der Waals surface area (Å²) in [6.45, 7) is 4.56. The fourth-order valence-corrected chi connectivity index (χ4v) is 2.45. The molecule has 0 aliphatic heterocycles. The Morgan fingerprint density at radius 1 is 1.04 bits per heavy atom. The maximum atomic E-state index is 12.0. The molecule has 4 nitrogen and oxygen atoms in total. The SMILES string of the molecule is CCCCCCCCCC(=O)Oc1cc(OC=O)ccc1CC. The molecule has 0 fully saturated rings. The lowest BCUT2D eigenvalue weighted by molar-refractivity contribution is -0.134. The summed E-state index contributed by atoms with van der Waals surface area (Å²) in [5.41, 5.74) is 0.927. The van der Waals surface area contributed by atoms with Gasteiger partial charge in [-0.15, -0.1) is 0 Å². The number of benzene rings is 1. The maximum Gasteiger partial charge on any atom is 0.311 e. The molecule has 4 heteroatoms. The average molecular weight is 320 g/mol. The molecule has 0 atom stereocenters. The van der Waals surface area contributed by atoms with Crippen LogP contribution < -0.4 is 9.47 Å². The Hall–Kier alpha value is -1.84. The number of carbonyl (C=O) groups excluding carboxylic acids is 2. The van der Waals surface area contributed by atoms with Gasteiger partial charge in [0.05, 0.1) is 0 Å². The van der Waals surface area contributed by atoms with Crippen molar-refractivity contribution in [2.45, 2.75) is 71.6 Å². The highest BCUT2D eigenvalue weighted by atomic mass is 16.5. The van der Waals surface area contributed by atoms with Crippen molar-refractivity contribution in [3.63, 3.8) is 0 Å². The van der Waals surface area contributed by atoms with E-state index >= 15 is 0 Å². The Kier molecular flexibility index (Phi) is 9.76. The van der Waals surface area contributed by atoms with Crippen LogP contribution in [0.25, 0.3) is 0 Å². The first-order chi connectivity index (χ1) is 11.2. The van der Waals surface area contributed by atoms with Gasteiger partial charge in [-0.25, -0.2) is 0 Å². The molecule has 0 N–H and O–H groups in total. The number of esters is 1. The number of carbonyl (C=O) groups is 2. The molecule has 1 aromatic rings. The second-order valence-electron chi connectivity index (χ2n) is 5.68. The van der Waals surface area contributed by atoms with Gasteiger partial charge >= 0.3 is 5.97 Å². The smallest absolute Gasteiger partial charge is 0.311 e. The Bertz CT molecular complexity index is 482. The van der Waals surface area contributed by atoms with Crippen LogP contribution in [0.15, 0.2) is 18.2 Å². The molecular weight excluding hydrogens is 292 g/mol. The molecule has 0 unspecified atom stereocenters. The number of unbranched alkanes of at least 4 members (excludes halogenated alkanes) is 6. The predicted molar refractivity (Wildman–Crippen MR) is 90.8 cm³/mol. The van der Waals surface area contributed by atoms with Crippen LogP contribution in [-0.2, 0) is 16.0 Å². The van der Waals surface area contributed by atoms with Crippen LogP contribution in [0.4, 0.5) is 0 Å². The molecule has 0 radical (unpaired) electrons. The standard InChI is InChI=1S/C19H28O4/c1-3-5-6-7-8-9-10-11-19(21)23-18-14-17(22-15-20)13-12-16(18)4-2/h12-15H,3-11H2,1-2H3. The van der Waals surface area contributed by atoms with E-state index in [1.807, 2.05) is 13.0 Å². The first-order valence-corrected chi connectivity index (χ1v) is 8.65. The Morgan fingerprint density at radius 3 is 2.39 bits per heavy atom.